The summed E-state index contributed by atoms with van der Waals surface area (Å²) in [6.07, 6.45) is 1.30. The highest BCUT2D eigenvalue weighted by atomic mass is 79.9. The summed E-state index contributed by atoms with van der Waals surface area (Å²) in [6.45, 7) is 0. The molecule has 0 aromatic carbocycles. The highest BCUT2D eigenvalue weighted by Crippen LogP contribution is 2.49. The summed E-state index contributed by atoms with van der Waals surface area (Å²) in [5.41, 5.74) is -0.227. The summed E-state index contributed by atoms with van der Waals surface area (Å²) < 4.78 is 0.537. The molecule has 1 aromatic heterocycles. The van der Waals surface area contributed by atoms with Gasteiger partial charge in [-0.1, -0.05) is 0 Å². The van der Waals surface area contributed by atoms with E-state index in [-0.39, 0.29) is 0 Å². The van der Waals surface area contributed by atoms with Crippen LogP contribution in [-0.2, 0) is 17.3 Å². The lowest BCUT2D eigenvalue weighted by Crippen LogP contribution is -2.20. The number of hydrogen-bond donors (Lipinski definition) is 1. The van der Waals surface area contributed by atoms with Crippen molar-refractivity contribution in [3.8, 4) is 0 Å². The Balaban J connectivity index is 2.46. The number of aryl methyl sites for hydroxylation is 1. The average Bonchev–Trinajstić information content (AvgIpc) is 2.75. The summed E-state index contributed by atoms with van der Waals surface area (Å²) in [7, 11) is 1.67. The van der Waals surface area contributed by atoms with Gasteiger partial charge in [0, 0.05) is 7.05 Å². The van der Waals surface area contributed by atoms with Crippen molar-refractivity contribution in [2.45, 2.75) is 18.3 Å². The van der Waals surface area contributed by atoms with Crippen molar-refractivity contribution in [2.75, 3.05) is 0 Å². The van der Waals surface area contributed by atoms with E-state index in [1.165, 1.54) is 4.80 Å². The molecule has 5 nitrogen and oxygen atoms in total. The quantitative estimate of drug-likeness (QED) is 0.833. The van der Waals surface area contributed by atoms with E-state index in [2.05, 4.69) is 26.1 Å². The number of aromatic nitrogens is 3. The van der Waals surface area contributed by atoms with E-state index < -0.39 is 11.4 Å². The molecule has 0 spiro atoms. The summed E-state index contributed by atoms with van der Waals surface area (Å²) >= 11 is 3.20. The lowest BCUT2D eigenvalue weighted by molar-refractivity contribution is -0.140. The predicted octanol–water partition coefficient (Wildman–Crippen LogP) is 0.694. The predicted molar refractivity (Wildman–Crippen MR) is 47.3 cm³/mol. The van der Waals surface area contributed by atoms with Crippen molar-refractivity contribution in [3.63, 3.8) is 0 Å². The lowest BCUT2D eigenvalue weighted by Gasteiger charge is -2.04. The minimum absolute atomic E-state index is 0.537. The minimum atomic E-state index is -0.811. The van der Waals surface area contributed by atoms with Crippen LogP contribution in [0.4, 0.5) is 0 Å². The summed E-state index contributed by atoms with van der Waals surface area (Å²) in [4.78, 5) is 12.3. The molecule has 0 radical (unpaired) electrons. The van der Waals surface area contributed by atoms with Crippen LogP contribution in [0.15, 0.2) is 4.60 Å². The van der Waals surface area contributed by atoms with Gasteiger partial charge in [-0.15, -0.1) is 5.10 Å². The Kier molecular flexibility index (Phi) is 1.69. The average molecular weight is 246 g/mol. The highest BCUT2D eigenvalue weighted by Gasteiger charge is 2.55. The summed E-state index contributed by atoms with van der Waals surface area (Å²) in [6, 6.07) is 0. The third-order valence-electron chi connectivity index (χ3n) is 2.29. The van der Waals surface area contributed by atoms with E-state index >= 15 is 0 Å². The van der Waals surface area contributed by atoms with Crippen LogP contribution in [0.2, 0.25) is 0 Å². The Bertz CT molecular complexity index is 370. The van der Waals surface area contributed by atoms with Crippen LogP contribution in [0.1, 0.15) is 18.5 Å². The first-order chi connectivity index (χ1) is 6.06. The molecular formula is C7H8BrN3O2. The number of carboxylic acids is 1. The first-order valence-electron chi connectivity index (χ1n) is 3.87. The van der Waals surface area contributed by atoms with Gasteiger partial charge < -0.3 is 5.11 Å². The van der Waals surface area contributed by atoms with E-state index in [1.54, 1.807) is 7.05 Å². The van der Waals surface area contributed by atoms with Gasteiger partial charge in [-0.2, -0.15) is 9.90 Å². The largest absolute Gasteiger partial charge is 0.481 e. The van der Waals surface area contributed by atoms with Gasteiger partial charge in [-0.25, -0.2) is 0 Å². The molecule has 1 heterocycles. The maximum Gasteiger partial charge on any atom is 0.315 e. The fourth-order valence-electron chi connectivity index (χ4n) is 1.35. The van der Waals surface area contributed by atoms with E-state index in [9.17, 15) is 4.79 Å². The molecule has 1 aliphatic rings. The van der Waals surface area contributed by atoms with Crippen LogP contribution in [0, 0.1) is 0 Å². The van der Waals surface area contributed by atoms with Crippen molar-refractivity contribution < 1.29 is 9.90 Å². The monoisotopic (exact) mass is 245 g/mol. The van der Waals surface area contributed by atoms with Crippen LogP contribution in [0.25, 0.3) is 0 Å². The molecule has 2 rings (SSSR count). The third-order valence-corrected chi connectivity index (χ3v) is 2.82. The van der Waals surface area contributed by atoms with Gasteiger partial charge in [0.2, 0.25) is 0 Å². The van der Waals surface area contributed by atoms with E-state index in [1.807, 2.05) is 0 Å². The standard InChI is InChI=1S/C7H8BrN3O2/c1-11-9-4(5(8)10-11)7(2-3-7)6(12)13/h2-3H2,1H3,(H,12,13). The normalized spacial score (nSPS) is 18.6. The topological polar surface area (TPSA) is 68.0 Å². The van der Waals surface area contributed by atoms with Gasteiger partial charge >= 0.3 is 5.97 Å². The molecular weight excluding hydrogens is 238 g/mol. The van der Waals surface area contributed by atoms with Gasteiger partial charge in [0.05, 0.1) is 0 Å². The van der Waals surface area contributed by atoms with Gasteiger partial charge in [-0.3, -0.25) is 4.79 Å². The van der Waals surface area contributed by atoms with Crippen molar-refractivity contribution in [1.29, 1.82) is 0 Å². The number of rotatable bonds is 2. The zero-order valence-electron chi connectivity index (χ0n) is 6.99. The molecule has 0 unspecified atom stereocenters. The van der Waals surface area contributed by atoms with Gasteiger partial charge in [0.25, 0.3) is 0 Å². The van der Waals surface area contributed by atoms with Crippen LogP contribution < -0.4 is 0 Å². The number of carbonyl (C=O) groups is 1. The molecule has 0 atom stereocenters. The fraction of sp³-hybridized carbons (Fsp3) is 0.571. The Morgan fingerprint density at radius 2 is 2.23 bits per heavy atom. The van der Waals surface area contributed by atoms with E-state index in [0.717, 1.165) is 0 Å². The van der Waals surface area contributed by atoms with Crippen LogP contribution in [-0.4, -0.2) is 26.1 Å². The first kappa shape index (κ1) is 8.68. The second kappa shape index (κ2) is 2.54. The maximum atomic E-state index is 10.9. The molecule has 70 valence electrons. The smallest absolute Gasteiger partial charge is 0.315 e. The number of nitrogens with zero attached hydrogens (tertiary/aromatic N) is 3. The number of halogens is 1. The number of aliphatic carboxylic acids is 1. The molecule has 6 heteroatoms. The van der Waals surface area contributed by atoms with E-state index in [4.69, 9.17) is 5.11 Å². The van der Waals surface area contributed by atoms with Gasteiger partial charge in [-0.05, 0) is 28.8 Å². The summed E-state index contributed by atoms with van der Waals surface area (Å²) in [5.74, 6) is -0.811. The van der Waals surface area contributed by atoms with Crippen molar-refractivity contribution in [2.24, 2.45) is 7.05 Å². The molecule has 1 aliphatic carbocycles. The second-order valence-electron chi connectivity index (χ2n) is 3.22. The van der Waals surface area contributed by atoms with Crippen molar-refractivity contribution in [3.05, 3.63) is 10.3 Å². The Labute approximate surface area is 82.9 Å². The molecule has 1 saturated carbocycles. The Hall–Kier alpha value is -0.910. The zero-order valence-corrected chi connectivity index (χ0v) is 8.58. The number of hydrogen-bond acceptors (Lipinski definition) is 3. The second-order valence-corrected chi connectivity index (χ2v) is 3.97. The third kappa shape index (κ3) is 1.16. The minimum Gasteiger partial charge on any atom is -0.481 e. The number of carboxylic acid groups (broad SMARTS) is 1. The molecule has 1 aromatic rings. The lowest BCUT2D eigenvalue weighted by atomic mass is 10.0. The zero-order chi connectivity index (χ0) is 9.64. The van der Waals surface area contributed by atoms with Crippen LogP contribution in [0.5, 0.6) is 0 Å². The fourth-order valence-corrected chi connectivity index (χ4v) is 2.04. The SMILES string of the molecule is Cn1nc(Br)c(C2(C(=O)O)CC2)n1. The van der Waals surface area contributed by atoms with Crippen molar-refractivity contribution in [1.82, 2.24) is 15.0 Å². The van der Waals surface area contributed by atoms with E-state index in [0.29, 0.717) is 23.1 Å². The Morgan fingerprint density at radius 3 is 2.54 bits per heavy atom. The van der Waals surface area contributed by atoms with Crippen molar-refractivity contribution >= 4 is 21.9 Å². The molecule has 0 bridgehead atoms. The van der Waals surface area contributed by atoms with Gasteiger partial charge in [0.15, 0.2) is 4.60 Å². The summed E-state index contributed by atoms with van der Waals surface area (Å²) in [5, 5.41) is 17.0. The highest BCUT2D eigenvalue weighted by molar-refractivity contribution is 9.10. The molecule has 1 fully saturated rings. The Morgan fingerprint density at radius 1 is 1.62 bits per heavy atom. The maximum absolute atomic E-state index is 10.9. The molecule has 0 aliphatic heterocycles. The van der Waals surface area contributed by atoms with Gasteiger partial charge in [0.1, 0.15) is 11.1 Å². The van der Waals surface area contributed by atoms with Crippen LogP contribution in [0.3, 0.4) is 0 Å². The first-order valence-corrected chi connectivity index (χ1v) is 4.66. The molecule has 1 N–H and O–H groups in total. The molecule has 0 saturated heterocycles. The molecule has 13 heavy (non-hydrogen) atoms. The van der Waals surface area contributed by atoms with Crippen LogP contribution >= 0.6 is 15.9 Å². The molecule has 0 amide bonds.